The van der Waals surface area contributed by atoms with Gasteiger partial charge in [0.05, 0.1) is 16.8 Å². The normalized spacial score (nSPS) is 11.9. The largest absolute Gasteiger partial charge is 0.479 e. The summed E-state index contributed by atoms with van der Waals surface area (Å²) in [6, 6.07) is 24.7. The Balaban J connectivity index is 1.34. The number of nitrogens with zero attached hydrogens (tertiary/aromatic N) is 1. The highest BCUT2D eigenvalue weighted by atomic mass is 35.5. The minimum absolute atomic E-state index is 0.318. The molecule has 0 aromatic heterocycles. The van der Waals surface area contributed by atoms with Crippen molar-refractivity contribution in [2.24, 2.45) is 5.10 Å². The number of nitrogens with one attached hydrogen (secondary N) is 1. The minimum Gasteiger partial charge on any atom is -0.479 e. The molecule has 182 valence electrons. The third kappa shape index (κ3) is 6.22. The van der Waals surface area contributed by atoms with Crippen molar-refractivity contribution in [3.8, 4) is 11.5 Å². The number of amides is 1. The van der Waals surface area contributed by atoms with Gasteiger partial charge >= 0.3 is 5.97 Å². The molecule has 0 aliphatic rings. The molecule has 36 heavy (non-hydrogen) atoms. The SMILES string of the molecule is CCC(Oc1ccc(Cl)cc1Cl)C(=O)NN=Cc1ccc(OC(=O)c2cccc3ccccc23)cc1. The van der Waals surface area contributed by atoms with Crippen molar-refractivity contribution in [3.63, 3.8) is 0 Å². The molecule has 0 aliphatic heterocycles. The van der Waals surface area contributed by atoms with Crippen LogP contribution in [0.25, 0.3) is 10.8 Å². The molecule has 0 spiro atoms. The standard InChI is InChI=1S/C28H22Cl2N2O4/c1-2-25(36-26-15-12-20(29)16-24(26)30)27(33)32-31-17-18-10-13-21(14-11-18)35-28(34)23-9-5-7-19-6-3-4-8-22(19)23/h3-17,25H,2H2,1H3,(H,32,33). The van der Waals surface area contributed by atoms with Crippen LogP contribution in [0.5, 0.6) is 11.5 Å². The predicted octanol–water partition coefficient (Wildman–Crippen LogP) is 6.67. The maximum Gasteiger partial charge on any atom is 0.344 e. The second kappa shape index (κ2) is 11.7. The van der Waals surface area contributed by atoms with E-state index in [0.717, 1.165) is 10.8 Å². The monoisotopic (exact) mass is 520 g/mol. The van der Waals surface area contributed by atoms with E-state index in [9.17, 15) is 9.59 Å². The molecule has 1 amide bonds. The van der Waals surface area contributed by atoms with Crippen LogP contribution in [0, 0.1) is 0 Å². The molecule has 8 heteroatoms. The average molecular weight is 521 g/mol. The topological polar surface area (TPSA) is 77.0 Å². The number of rotatable bonds is 8. The number of hydrazone groups is 1. The number of ether oxygens (including phenoxy) is 2. The smallest absolute Gasteiger partial charge is 0.344 e. The van der Waals surface area contributed by atoms with Crippen molar-refractivity contribution in [1.29, 1.82) is 0 Å². The van der Waals surface area contributed by atoms with Gasteiger partial charge in [0.25, 0.3) is 5.91 Å². The van der Waals surface area contributed by atoms with Gasteiger partial charge in [-0.15, -0.1) is 0 Å². The van der Waals surface area contributed by atoms with E-state index in [1.54, 1.807) is 48.5 Å². The van der Waals surface area contributed by atoms with Crippen molar-refractivity contribution in [2.75, 3.05) is 0 Å². The molecule has 1 N–H and O–H groups in total. The van der Waals surface area contributed by atoms with Crippen LogP contribution in [0.4, 0.5) is 0 Å². The maximum absolute atomic E-state index is 12.7. The first kappa shape index (κ1) is 25.2. The van der Waals surface area contributed by atoms with Crippen LogP contribution in [-0.2, 0) is 4.79 Å². The fraction of sp³-hybridized carbons (Fsp3) is 0.107. The summed E-state index contributed by atoms with van der Waals surface area (Å²) in [7, 11) is 0. The number of carbonyl (C=O) groups is 2. The first-order chi connectivity index (χ1) is 17.4. The van der Waals surface area contributed by atoms with Gasteiger partial charge in [0, 0.05) is 5.02 Å². The summed E-state index contributed by atoms with van der Waals surface area (Å²) in [5, 5.41) is 6.58. The summed E-state index contributed by atoms with van der Waals surface area (Å²) in [6.07, 6.45) is 1.12. The highest BCUT2D eigenvalue weighted by molar-refractivity contribution is 6.35. The lowest BCUT2D eigenvalue weighted by Crippen LogP contribution is -2.35. The number of carbonyl (C=O) groups excluding carboxylic acids is 2. The van der Waals surface area contributed by atoms with Crippen LogP contribution in [-0.4, -0.2) is 24.2 Å². The van der Waals surface area contributed by atoms with E-state index < -0.39 is 18.0 Å². The fourth-order valence-corrected chi connectivity index (χ4v) is 3.93. The number of fused-ring (bicyclic) bond motifs is 1. The number of halogens is 2. The van der Waals surface area contributed by atoms with Gasteiger partial charge in [0.1, 0.15) is 11.5 Å². The van der Waals surface area contributed by atoms with E-state index in [2.05, 4.69) is 10.5 Å². The van der Waals surface area contributed by atoms with Crippen molar-refractivity contribution in [2.45, 2.75) is 19.4 Å². The first-order valence-electron chi connectivity index (χ1n) is 11.2. The lowest BCUT2D eigenvalue weighted by atomic mass is 10.0. The van der Waals surface area contributed by atoms with Crippen LogP contribution in [0.15, 0.2) is 90.0 Å². The van der Waals surface area contributed by atoms with Crippen molar-refractivity contribution in [1.82, 2.24) is 5.43 Å². The van der Waals surface area contributed by atoms with Gasteiger partial charge in [-0.2, -0.15) is 5.10 Å². The van der Waals surface area contributed by atoms with Gasteiger partial charge in [0.2, 0.25) is 0 Å². The first-order valence-corrected chi connectivity index (χ1v) is 11.9. The average Bonchev–Trinajstić information content (AvgIpc) is 2.89. The molecule has 4 aromatic carbocycles. The Labute approximate surface area is 218 Å². The quantitative estimate of drug-likeness (QED) is 0.122. The summed E-state index contributed by atoms with van der Waals surface area (Å²) < 4.78 is 11.2. The molecule has 4 rings (SSSR count). The Morgan fingerprint density at radius 2 is 1.72 bits per heavy atom. The van der Waals surface area contributed by atoms with Gasteiger partial charge in [-0.25, -0.2) is 10.2 Å². The van der Waals surface area contributed by atoms with E-state index in [1.807, 2.05) is 43.3 Å². The Bertz CT molecular complexity index is 1420. The Morgan fingerprint density at radius 1 is 0.972 bits per heavy atom. The predicted molar refractivity (Wildman–Crippen MR) is 142 cm³/mol. The van der Waals surface area contributed by atoms with Crippen LogP contribution < -0.4 is 14.9 Å². The molecule has 1 unspecified atom stereocenters. The van der Waals surface area contributed by atoms with Gasteiger partial charge < -0.3 is 9.47 Å². The minimum atomic E-state index is -0.781. The van der Waals surface area contributed by atoms with E-state index >= 15 is 0 Å². The second-order valence-corrected chi connectivity index (χ2v) is 8.65. The van der Waals surface area contributed by atoms with Crippen molar-refractivity contribution < 1.29 is 19.1 Å². The van der Waals surface area contributed by atoms with E-state index in [1.165, 1.54) is 6.21 Å². The molecular weight excluding hydrogens is 499 g/mol. The molecule has 0 aliphatic carbocycles. The second-order valence-electron chi connectivity index (χ2n) is 7.81. The molecule has 0 heterocycles. The Morgan fingerprint density at radius 3 is 2.47 bits per heavy atom. The Hall–Kier alpha value is -3.87. The number of esters is 1. The molecule has 0 saturated heterocycles. The molecule has 4 aromatic rings. The fourth-order valence-electron chi connectivity index (χ4n) is 3.48. The van der Waals surface area contributed by atoms with Crippen LogP contribution in [0.2, 0.25) is 10.0 Å². The maximum atomic E-state index is 12.7. The van der Waals surface area contributed by atoms with Crippen LogP contribution in [0.1, 0.15) is 29.3 Å². The third-order valence-corrected chi connectivity index (χ3v) is 5.85. The van der Waals surface area contributed by atoms with Crippen molar-refractivity contribution in [3.05, 3.63) is 106 Å². The summed E-state index contributed by atoms with van der Waals surface area (Å²) in [6.45, 7) is 1.82. The molecule has 0 saturated carbocycles. The number of hydrogen-bond acceptors (Lipinski definition) is 5. The molecule has 0 bridgehead atoms. The molecular formula is C28H22Cl2N2O4. The molecule has 0 fully saturated rings. The van der Waals surface area contributed by atoms with Crippen molar-refractivity contribution >= 4 is 52.1 Å². The summed E-state index contributed by atoms with van der Waals surface area (Å²) >= 11 is 12.0. The molecule has 1 atom stereocenters. The molecule has 0 radical (unpaired) electrons. The number of benzene rings is 4. The van der Waals surface area contributed by atoms with Gasteiger partial charge in [-0.05, 0) is 71.3 Å². The zero-order valence-corrected chi connectivity index (χ0v) is 20.8. The van der Waals surface area contributed by atoms with Gasteiger partial charge in [-0.3, -0.25) is 4.79 Å². The number of hydrogen-bond donors (Lipinski definition) is 1. The Kier molecular flexibility index (Phi) is 8.21. The highest BCUT2D eigenvalue weighted by Gasteiger charge is 2.19. The summed E-state index contributed by atoms with van der Waals surface area (Å²) in [5.74, 6) is -0.0959. The van der Waals surface area contributed by atoms with Crippen LogP contribution >= 0.6 is 23.2 Å². The lowest BCUT2D eigenvalue weighted by molar-refractivity contribution is -0.128. The highest BCUT2D eigenvalue weighted by Crippen LogP contribution is 2.28. The van der Waals surface area contributed by atoms with E-state index in [-0.39, 0.29) is 0 Å². The zero-order valence-electron chi connectivity index (χ0n) is 19.3. The van der Waals surface area contributed by atoms with E-state index in [0.29, 0.717) is 39.1 Å². The third-order valence-electron chi connectivity index (χ3n) is 5.31. The van der Waals surface area contributed by atoms with Gasteiger partial charge in [0.15, 0.2) is 6.10 Å². The molecule has 6 nitrogen and oxygen atoms in total. The van der Waals surface area contributed by atoms with Gasteiger partial charge in [-0.1, -0.05) is 66.5 Å². The summed E-state index contributed by atoms with van der Waals surface area (Å²) in [4.78, 5) is 25.2. The zero-order chi connectivity index (χ0) is 25.5. The summed E-state index contributed by atoms with van der Waals surface area (Å²) in [5.41, 5.74) is 3.67. The van der Waals surface area contributed by atoms with E-state index in [4.69, 9.17) is 32.7 Å². The lowest BCUT2D eigenvalue weighted by Gasteiger charge is -2.16. The van der Waals surface area contributed by atoms with Crippen LogP contribution in [0.3, 0.4) is 0 Å².